The highest BCUT2D eigenvalue weighted by molar-refractivity contribution is 7.89. The van der Waals surface area contributed by atoms with Crippen LogP contribution in [0.1, 0.15) is 34.1 Å². The number of likely N-dealkylation sites (N-methyl/N-ethyl adjacent to an activating group) is 2. The summed E-state index contributed by atoms with van der Waals surface area (Å²) < 4.78 is 39.7. The Morgan fingerprint density at radius 3 is 2.29 bits per heavy atom. The van der Waals surface area contributed by atoms with Crippen LogP contribution < -0.4 is 14.2 Å². The summed E-state index contributed by atoms with van der Waals surface area (Å²) in [6.45, 7) is 9.13. The van der Waals surface area contributed by atoms with Gasteiger partial charge < -0.3 is 19.3 Å². The van der Waals surface area contributed by atoms with E-state index >= 15 is 0 Å². The molecular formula is C21H33N3O6S. The molecule has 1 aliphatic heterocycles. The average Bonchev–Trinajstić information content (AvgIpc) is 2.97. The number of rotatable bonds is 9. The van der Waals surface area contributed by atoms with Crippen molar-refractivity contribution in [3.05, 3.63) is 18.2 Å². The Morgan fingerprint density at radius 2 is 1.71 bits per heavy atom. The molecule has 0 saturated heterocycles. The second-order valence-electron chi connectivity index (χ2n) is 7.76. The molecule has 2 rings (SSSR count). The van der Waals surface area contributed by atoms with Crippen molar-refractivity contribution >= 4 is 21.8 Å². The molecule has 0 fully saturated rings. The lowest BCUT2D eigenvalue weighted by Gasteiger charge is -2.28. The quantitative estimate of drug-likeness (QED) is 0.605. The highest BCUT2D eigenvalue weighted by Crippen LogP contribution is 2.32. The summed E-state index contributed by atoms with van der Waals surface area (Å²) in [5.41, 5.74) is 0. The number of benzene rings is 1. The van der Waals surface area contributed by atoms with Crippen LogP contribution in [0.25, 0.3) is 0 Å². The molecule has 9 nitrogen and oxygen atoms in total. The third-order valence-electron chi connectivity index (χ3n) is 5.11. The number of fused-ring (bicyclic) bond motifs is 1. The lowest BCUT2D eigenvalue weighted by molar-refractivity contribution is -0.140. The number of nitrogens with zero attached hydrogens (tertiary/aromatic N) is 2. The van der Waals surface area contributed by atoms with Crippen molar-refractivity contribution in [2.75, 3.05) is 39.9 Å². The highest BCUT2D eigenvalue weighted by Gasteiger charge is 2.32. The summed E-state index contributed by atoms with van der Waals surface area (Å²) in [5, 5.41) is 0. The van der Waals surface area contributed by atoms with Gasteiger partial charge in [-0.1, -0.05) is 13.8 Å². The fourth-order valence-corrected chi connectivity index (χ4v) is 4.56. The minimum atomic E-state index is -4.01. The Labute approximate surface area is 184 Å². The molecule has 1 unspecified atom stereocenters. The Balaban J connectivity index is 2.19. The maximum Gasteiger partial charge on any atom is 0.242 e. The van der Waals surface area contributed by atoms with Gasteiger partial charge in [0.1, 0.15) is 6.04 Å². The summed E-state index contributed by atoms with van der Waals surface area (Å²) in [6, 6.07) is 3.36. The molecule has 1 aromatic carbocycles. The molecule has 174 valence electrons. The fourth-order valence-electron chi connectivity index (χ4n) is 3.21. The smallest absolute Gasteiger partial charge is 0.242 e. The molecule has 1 aliphatic rings. The monoisotopic (exact) mass is 455 g/mol. The molecule has 1 aromatic rings. The van der Waals surface area contributed by atoms with Crippen LogP contribution in [-0.4, -0.2) is 76.0 Å². The van der Waals surface area contributed by atoms with Crippen LogP contribution in [0.2, 0.25) is 0 Å². The van der Waals surface area contributed by atoms with Gasteiger partial charge in [0.15, 0.2) is 11.5 Å². The highest BCUT2D eigenvalue weighted by atomic mass is 32.2. The van der Waals surface area contributed by atoms with E-state index in [9.17, 15) is 18.0 Å². The zero-order valence-electron chi connectivity index (χ0n) is 18.9. The minimum absolute atomic E-state index is 0.0166. The van der Waals surface area contributed by atoms with Crippen LogP contribution in [0.15, 0.2) is 23.1 Å². The van der Waals surface area contributed by atoms with Gasteiger partial charge in [-0.15, -0.1) is 0 Å². The second kappa shape index (κ2) is 10.8. The third kappa shape index (κ3) is 6.33. The molecule has 10 heteroatoms. The number of sulfonamides is 1. The van der Waals surface area contributed by atoms with E-state index in [2.05, 4.69) is 4.72 Å². The fraction of sp³-hybridized carbons (Fsp3) is 0.619. The molecule has 0 aliphatic carbocycles. The number of hydrogen-bond acceptors (Lipinski definition) is 6. The van der Waals surface area contributed by atoms with E-state index in [1.165, 1.54) is 24.1 Å². The van der Waals surface area contributed by atoms with E-state index in [0.717, 1.165) is 0 Å². The van der Waals surface area contributed by atoms with Gasteiger partial charge in [0.25, 0.3) is 0 Å². The van der Waals surface area contributed by atoms with E-state index in [1.54, 1.807) is 24.8 Å². The first-order chi connectivity index (χ1) is 14.6. The molecule has 0 bridgehead atoms. The summed E-state index contributed by atoms with van der Waals surface area (Å²) in [4.78, 5) is 28.2. The zero-order valence-corrected chi connectivity index (χ0v) is 19.7. The second-order valence-corrected chi connectivity index (χ2v) is 9.48. The number of nitrogens with one attached hydrogen (secondary N) is 1. The third-order valence-corrected chi connectivity index (χ3v) is 6.55. The van der Waals surface area contributed by atoms with Crippen LogP contribution >= 0.6 is 0 Å². The lowest BCUT2D eigenvalue weighted by atomic mass is 10.0. The van der Waals surface area contributed by atoms with Crippen molar-refractivity contribution in [2.45, 2.75) is 45.1 Å². The van der Waals surface area contributed by atoms with Gasteiger partial charge in [-0.3, -0.25) is 9.59 Å². The molecule has 1 heterocycles. The normalized spacial score (nSPS) is 14.6. The topological polar surface area (TPSA) is 105 Å². The minimum Gasteiger partial charge on any atom is -0.490 e. The molecule has 0 spiro atoms. The van der Waals surface area contributed by atoms with E-state index in [4.69, 9.17) is 9.47 Å². The van der Waals surface area contributed by atoms with Gasteiger partial charge in [-0.05, 0) is 31.9 Å². The van der Waals surface area contributed by atoms with E-state index in [0.29, 0.717) is 44.2 Å². The standard InChI is InChI=1S/C21H33N3O6S/c1-6-24(7-2)19(25)14-23(5)21(26)20(15(3)4)22-31(27,28)16-9-10-17-18(13-16)30-12-8-11-29-17/h9-10,13,15,20,22H,6-8,11-12,14H2,1-5H3. The summed E-state index contributed by atoms with van der Waals surface area (Å²) in [7, 11) is -2.51. The predicted octanol–water partition coefficient (Wildman–Crippen LogP) is 1.48. The summed E-state index contributed by atoms with van der Waals surface area (Å²) in [5.74, 6) is -0.131. The Hall–Kier alpha value is -2.33. The Kier molecular flexibility index (Phi) is 8.69. The first kappa shape index (κ1) is 24.9. The molecule has 31 heavy (non-hydrogen) atoms. The number of amides is 2. The van der Waals surface area contributed by atoms with Crippen LogP contribution in [-0.2, 0) is 19.6 Å². The van der Waals surface area contributed by atoms with Crippen molar-refractivity contribution in [1.82, 2.24) is 14.5 Å². The van der Waals surface area contributed by atoms with Gasteiger partial charge in [0, 0.05) is 32.6 Å². The zero-order chi connectivity index (χ0) is 23.2. The van der Waals surface area contributed by atoms with E-state index < -0.39 is 22.0 Å². The molecule has 2 amide bonds. The van der Waals surface area contributed by atoms with Crippen molar-refractivity contribution < 1.29 is 27.5 Å². The Morgan fingerprint density at radius 1 is 1.10 bits per heavy atom. The molecule has 1 N–H and O–H groups in total. The molecular weight excluding hydrogens is 422 g/mol. The summed E-state index contributed by atoms with van der Waals surface area (Å²) >= 11 is 0. The predicted molar refractivity (Wildman–Crippen MR) is 117 cm³/mol. The van der Waals surface area contributed by atoms with E-state index in [1.807, 2.05) is 13.8 Å². The molecule has 0 radical (unpaired) electrons. The number of ether oxygens (including phenoxy) is 2. The van der Waals surface area contributed by atoms with Gasteiger partial charge in [0.2, 0.25) is 21.8 Å². The first-order valence-corrected chi connectivity index (χ1v) is 12.0. The number of hydrogen-bond donors (Lipinski definition) is 1. The van der Waals surface area contributed by atoms with Crippen molar-refractivity contribution in [1.29, 1.82) is 0 Å². The van der Waals surface area contributed by atoms with Crippen molar-refractivity contribution in [3.63, 3.8) is 0 Å². The van der Waals surface area contributed by atoms with Gasteiger partial charge in [0.05, 0.1) is 24.7 Å². The van der Waals surface area contributed by atoms with Gasteiger partial charge >= 0.3 is 0 Å². The molecule has 1 atom stereocenters. The Bertz CT molecular complexity index is 883. The number of carbonyl (C=O) groups is 2. The first-order valence-electron chi connectivity index (χ1n) is 10.5. The lowest BCUT2D eigenvalue weighted by Crippen LogP contribution is -2.52. The largest absolute Gasteiger partial charge is 0.490 e. The van der Waals surface area contributed by atoms with Crippen LogP contribution in [0, 0.1) is 5.92 Å². The van der Waals surface area contributed by atoms with E-state index in [-0.39, 0.29) is 23.3 Å². The number of carbonyl (C=O) groups excluding carboxylic acids is 2. The van der Waals surface area contributed by atoms with Gasteiger partial charge in [-0.25, -0.2) is 8.42 Å². The van der Waals surface area contributed by atoms with Crippen LogP contribution in [0.4, 0.5) is 0 Å². The maximum atomic E-state index is 13.0. The van der Waals surface area contributed by atoms with Crippen LogP contribution in [0.3, 0.4) is 0 Å². The summed E-state index contributed by atoms with van der Waals surface area (Å²) in [6.07, 6.45) is 0.706. The van der Waals surface area contributed by atoms with Crippen molar-refractivity contribution in [3.8, 4) is 11.5 Å². The van der Waals surface area contributed by atoms with Gasteiger partial charge in [-0.2, -0.15) is 4.72 Å². The SMILES string of the molecule is CCN(CC)C(=O)CN(C)C(=O)C(NS(=O)(=O)c1ccc2c(c1)OCCCO2)C(C)C. The average molecular weight is 456 g/mol. The molecule has 0 aromatic heterocycles. The van der Waals surface area contributed by atoms with Crippen molar-refractivity contribution in [2.24, 2.45) is 5.92 Å². The molecule has 0 saturated carbocycles. The van der Waals surface area contributed by atoms with Crippen LogP contribution in [0.5, 0.6) is 11.5 Å². The maximum absolute atomic E-state index is 13.0.